The molecule has 1 rings (SSSR count). The third-order valence-corrected chi connectivity index (χ3v) is 2.89. The molecule has 1 aromatic rings. The Kier molecular flexibility index (Phi) is 4.17. The van der Waals surface area contributed by atoms with Gasteiger partial charge in [0.15, 0.2) is 0 Å². The minimum absolute atomic E-state index is 0.0388. The number of aliphatic hydroxyl groups excluding tert-OH is 1. The number of hydrogen-bond donors (Lipinski definition) is 2. The predicted molar refractivity (Wildman–Crippen MR) is 68.1 cm³/mol. The number of benzene rings is 1. The molecule has 3 heteroatoms. The molecule has 0 heterocycles. The summed E-state index contributed by atoms with van der Waals surface area (Å²) in [7, 11) is 0. The van der Waals surface area contributed by atoms with Crippen molar-refractivity contribution >= 4 is 21.6 Å². The number of rotatable bonds is 3. The largest absolute Gasteiger partial charge is 0.394 e. The first kappa shape index (κ1) is 12.5. The predicted octanol–water partition coefficient (Wildman–Crippen LogP) is 3.27. The third kappa shape index (κ3) is 3.84. The second-order valence-corrected chi connectivity index (χ2v) is 5.67. The Balaban J connectivity index is 2.76. The molecule has 0 amide bonds. The van der Waals surface area contributed by atoms with Gasteiger partial charge in [-0.05, 0) is 23.6 Å². The maximum absolute atomic E-state index is 9.32. The molecule has 0 bridgehead atoms. The lowest BCUT2D eigenvalue weighted by molar-refractivity contribution is 0.202. The molecular weight excluding hydrogens is 254 g/mol. The van der Waals surface area contributed by atoms with Crippen LogP contribution in [0.1, 0.15) is 20.8 Å². The summed E-state index contributed by atoms with van der Waals surface area (Å²) in [6.07, 6.45) is 0. The lowest BCUT2D eigenvalue weighted by Gasteiger charge is -2.30. The van der Waals surface area contributed by atoms with Crippen molar-refractivity contribution in [3.8, 4) is 0 Å². The Morgan fingerprint density at radius 1 is 1.40 bits per heavy atom. The molecule has 2 nitrogen and oxygen atoms in total. The zero-order valence-electron chi connectivity index (χ0n) is 9.42. The summed E-state index contributed by atoms with van der Waals surface area (Å²) in [6.45, 7) is 6.46. The molecule has 0 saturated carbocycles. The quantitative estimate of drug-likeness (QED) is 0.885. The molecule has 0 radical (unpaired) electrons. The van der Waals surface area contributed by atoms with E-state index in [-0.39, 0.29) is 18.1 Å². The molecule has 0 saturated heterocycles. The highest BCUT2D eigenvalue weighted by Gasteiger charge is 2.23. The first-order valence-corrected chi connectivity index (χ1v) is 5.86. The van der Waals surface area contributed by atoms with Crippen LogP contribution >= 0.6 is 15.9 Å². The molecule has 15 heavy (non-hydrogen) atoms. The van der Waals surface area contributed by atoms with Crippen LogP contribution in [0.4, 0.5) is 5.69 Å². The molecule has 0 aliphatic heterocycles. The van der Waals surface area contributed by atoms with E-state index in [4.69, 9.17) is 0 Å². The van der Waals surface area contributed by atoms with Crippen molar-refractivity contribution in [1.29, 1.82) is 0 Å². The first-order chi connectivity index (χ1) is 6.93. The minimum atomic E-state index is 0.0388. The smallest absolute Gasteiger partial charge is 0.0637 e. The zero-order chi connectivity index (χ0) is 11.5. The monoisotopic (exact) mass is 271 g/mol. The van der Waals surface area contributed by atoms with Crippen LogP contribution in [-0.2, 0) is 0 Å². The summed E-state index contributed by atoms with van der Waals surface area (Å²) in [5.41, 5.74) is 1.07. The lowest BCUT2D eigenvalue weighted by Crippen LogP contribution is -2.37. The van der Waals surface area contributed by atoms with Crippen LogP contribution in [-0.4, -0.2) is 17.8 Å². The van der Waals surface area contributed by atoms with Gasteiger partial charge >= 0.3 is 0 Å². The van der Waals surface area contributed by atoms with Crippen molar-refractivity contribution in [2.24, 2.45) is 5.41 Å². The van der Waals surface area contributed by atoms with Crippen LogP contribution in [0.5, 0.6) is 0 Å². The van der Waals surface area contributed by atoms with Crippen molar-refractivity contribution in [3.63, 3.8) is 0 Å². The summed E-state index contributed by atoms with van der Waals surface area (Å²) in [4.78, 5) is 0. The minimum Gasteiger partial charge on any atom is -0.394 e. The van der Waals surface area contributed by atoms with Gasteiger partial charge in [0.2, 0.25) is 0 Å². The molecule has 1 atom stereocenters. The van der Waals surface area contributed by atoms with Gasteiger partial charge in [0.1, 0.15) is 0 Å². The lowest BCUT2D eigenvalue weighted by atomic mass is 9.87. The van der Waals surface area contributed by atoms with E-state index in [1.165, 1.54) is 0 Å². The van der Waals surface area contributed by atoms with Gasteiger partial charge in [0.05, 0.1) is 12.6 Å². The van der Waals surface area contributed by atoms with Crippen molar-refractivity contribution in [1.82, 2.24) is 0 Å². The summed E-state index contributed by atoms with van der Waals surface area (Å²) in [6, 6.07) is 8.03. The van der Waals surface area contributed by atoms with E-state index in [1.54, 1.807) is 0 Å². The van der Waals surface area contributed by atoms with E-state index >= 15 is 0 Å². The Morgan fingerprint density at radius 3 is 2.53 bits per heavy atom. The summed E-state index contributed by atoms with van der Waals surface area (Å²) >= 11 is 3.42. The molecule has 0 spiro atoms. The molecule has 1 aromatic carbocycles. The number of aliphatic hydroxyl groups is 1. The van der Waals surface area contributed by atoms with E-state index in [1.807, 2.05) is 24.3 Å². The number of nitrogens with one attached hydrogen (secondary N) is 1. The fraction of sp³-hybridized carbons (Fsp3) is 0.500. The van der Waals surface area contributed by atoms with E-state index < -0.39 is 0 Å². The molecular formula is C12H18BrNO. The fourth-order valence-corrected chi connectivity index (χ4v) is 1.71. The van der Waals surface area contributed by atoms with Crippen molar-refractivity contribution in [2.45, 2.75) is 26.8 Å². The van der Waals surface area contributed by atoms with Gasteiger partial charge in [-0.1, -0.05) is 42.8 Å². The Bertz CT molecular complexity index is 320. The van der Waals surface area contributed by atoms with Crippen molar-refractivity contribution < 1.29 is 5.11 Å². The molecule has 0 aliphatic carbocycles. The van der Waals surface area contributed by atoms with E-state index in [2.05, 4.69) is 42.0 Å². The molecule has 1 unspecified atom stereocenters. The second-order valence-electron chi connectivity index (χ2n) is 4.76. The van der Waals surface area contributed by atoms with Crippen LogP contribution in [0.25, 0.3) is 0 Å². The third-order valence-electron chi connectivity index (χ3n) is 2.39. The standard InChI is InChI=1S/C12H18BrNO/c1-12(2,3)11(8-15)14-10-6-4-5-9(13)7-10/h4-7,11,14-15H,8H2,1-3H3. The Hall–Kier alpha value is -0.540. The highest BCUT2D eigenvalue weighted by Crippen LogP contribution is 2.24. The molecule has 2 N–H and O–H groups in total. The number of halogens is 1. The maximum atomic E-state index is 9.32. The molecule has 0 aliphatic rings. The van der Waals surface area contributed by atoms with E-state index in [0.717, 1.165) is 10.2 Å². The summed E-state index contributed by atoms with van der Waals surface area (Å²) in [5.74, 6) is 0. The van der Waals surface area contributed by atoms with Gasteiger partial charge in [-0.2, -0.15) is 0 Å². The van der Waals surface area contributed by atoms with Crippen LogP contribution in [0, 0.1) is 5.41 Å². The van der Waals surface area contributed by atoms with Gasteiger partial charge in [0, 0.05) is 10.2 Å². The van der Waals surface area contributed by atoms with Crippen molar-refractivity contribution in [3.05, 3.63) is 28.7 Å². The van der Waals surface area contributed by atoms with Gasteiger partial charge in [-0.25, -0.2) is 0 Å². The number of hydrogen-bond acceptors (Lipinski definition) is 2. The van der Waals surface area contributed by atoms with Crippen LogP contribution < -0.4 is 5.32 Å². The van der Waals surface area contributed by atoms with Gasteiger partial charge in [0.25, 0.3) is 0 Å². The average molecular weight is 272 g/mol. The highest BCUT2D eigenvalue weighted by atomic mass is 79.9. The molecule has 0 aromatic heterocycles. The molecule has 84 valence electrons. The van der Waals surface area contributed by atoms with Crippen molar-refractivity contribution in [2.75, 3.05) is 11.9 Å². The van der Waals surface area contributed by atoms with Crippen LogP contribution in [0.3, 0.4) is 0 Å². The average Bonchev–Trinajstić information content (AvgIpc) is 2.12. The topological polar surface area (TPSA) is 32.3 Å². The SMILES string of the molecule is CC(C)(C)C(CO)Nc1cccc(Br)c1. The van der Waals surface area contributed by atoms with Crippen LogP contribution in [0.2, 0.25) is 0 Å². The fourth-order valence-electron chi connectivity index (χ4n) is 1.32. The Labute approximate surface area is 99.8 Å². The Morgan fingerprint density at radius 2 is 2.07 bits per heavy atom. The van der Waals surface area contributed by atoms with Crippen LogP contribution in [0.15, 0.2) is 28.7 Å². The first-order valence-electron chi connectivity index (χ1n) is 5.06. The van der Waals surface area contributed by atoms with E-state index in [9.17, 15) is 5.11 Å². The highest BCUT2D eigenvalue weighted by molar-refractivity contribution is 9.10. The van der Waals surface area contributed by atoms with Gasteiger partial charge < -0.3 is 10.4 Å². The van der Waals surface area contributed by atoms with Gasteiger partial charge in [-0.15, -0.1) is 0 Å². The number of anilines is 1. The van der Waals surface area contributed by atoms with Gasteiger partial charge in [-0.3, -0.25) is 0 Å². The zero-order valence-corrected chi connectivity index (χ0v) is 11.0. The van der Waals surface area contributed by atoms with E-state index in [0.29, 0.717) is 0 Å². The summed E-state index contributed by atoms with van der Waals surface area (Å²) in [5, 5.41) is 12.6. The second kappa shape index (κ2) is 4.99. The normalized spacial score (nSPS) is 13.7. The maximum Gasteiger partial charge on any atom is 0.0637 e. The summed E-state index contributed by atoms with van der Waals surface area (Å²) < 4.78 is 1.04. The molecule has 0 fully saturated rings.